The van der Waals surface area contributed by atoms with Crippen molar-refractivity contribution >= 4 is 17.8 Å². The number of ether oxygens (including phenoxy) is 3. The van der Waals surface area contributed by atoms with Gasteiger partial charge < -0.3 is 19.5 Å². The first-order valence-electron chi connectivity index (χ1n) is 5.18. The van der Waals surface area contributed by atoms with Gasteiger partial charge in [0.2, 0.25) is 11.9 Å². The Morgan fingerprint density at radius 2 is 1.53 bits per heavy atom. The summed E-state index contributed by atoms with van der Waals surface area (Å²) in [6.07, 6.45) is 0. The lowest BCUT2D eigenvalue weighted by Crippen LogP contribution is -2.49. The lowest BCUT2D eigenvalue weighted by molar-refractivity contribution is -0.159. The molecule has 0 aliphatic rings. The molecule has 0 aromatic heterocycles. The van der Waals surface area contributed by atoms with Gasteiger partial charge in [0.15, 0.2) is 0 Å². The Labute approximate surface area is 99.4 Å². The van der Waals surface area contributed by atoms with Crippen molar-refractivity contribution in [1.29, 1.82) is 0 Å². The van der Waals surface area contributed by atoms with Crippen LogP contribution in [0.5, 0.6) is 0 Å². The maximum atomic E-state index is 11.4. The largest absolute Gasteiger partial charge is 0.464 e. The molecule has 0 bridgehead atoms. The molecule has 0 heterocycles. The Morgan fingerprint density at radius 1 is 1.06 bits per heavy atom. The molecule has 98 valence electrons. The molecule has 0 aromatic carbocycles. The summed E-state index contributed by atoms with van der Waals surface area (Å²) in [4.78, 5) is 34.1. The molecule has 1 N–H and O–H groups in total. The average molecular weight is 247 g/mol. The number of nitrogens with one attached hydrogen (secondary N) is 1. The van der Waals surface area contributed by atoms with E-state index in [2.05, 4.69) is 19.5 Å². The third kappa shape index (κ3) is 5.86. The van der Waals surface area contributed by atoms with Gasteiger partial charge in [0, 0.05) is 7.11 Å². The molecule has 0 aliphatic heterocycles. The second kappa shape index (κ2) is 8.51. The van der Waals surface area contributed by atoms with Crippen LogP contribution in [0.1, 0.15) is 13.8 Å². The molecule has 0 rings (SSSR count). The number of carbonyl (C=O) groups excluding carboxylic acids is 3. The van der Waals surface area contributed by atoms with Crippen molar-refractivity contribution in [3.63, 3.8) is 0 Å². The Morgan fingerprint density at radius 3 is 1.88 bits per heavy atom. The van der Waals surface area contributed by atoms with E-state index in [0.717, 1.165) is 0 Å². The molecule has 17 heavy (non-hydrogen) atoms. The van der Waals surface area contributed by atoms with Gasteiger partial charge in [-0.25, -0.2) is 9.59 Å². The summed E-state index contributed by atoms with van der Waals surface area (Å²) in [5.41, 5.74) is 0. The van der Waals surface area contributed by atoms with E-state index in [4.69, 9.17) is 0 Å². The van der Waals surface area contributed by atoms with E-state index in [9.17, 15) is 14.4 Å². The van der Waals surface area contributed by atoms with Crippen molar-refractivity contribution in [3.05, 3.63) is 0 Å². The minimum Gasteiger partial charge on any atom is -0.464 e. The molecule has 0 saturated carbocycles. The van der Waals surface area contributed by atoms with Gasteiger partial charge in [-0.3, -0.25) is 4.79 Å². The van der Waals surface area contributed by atoms with E-state index >= 15 is 0 Å². The number of hydrogen-bond acceptors (Lipinski definition) is 6. The van der Waals surface area contributed by atoms with Crippen molar-refractivity contribution < 1.29 is 28.6 Å². The predicted molar refractivity (Wildman–Crippen MR) is 57.1 cm³/mol. The average Bonchev–Trinajstić information content (AvgIpc) is 2.26. The maximum Gasteiger partial charge on any atom is 0.340 e. The Hall–Kier alpha value is -1.63. The van der Waals surface area contributed by atoms with Crippen LogP contribution in [-0.4, -0.2) is 50.8 Å². The molecule has 0 radical (unpaired) electrons. The summed E-state index contributed by atoms with van der Waals surface area (Å²) in [5.74, 6) is -2.30. The monoisotopic (exact) mass is 247 g/mol. The van der Waals surface area contributed by atoms with Crippen LogP contribution in [0.2, 0.25) is 0 Å². The number of rotatable bonds is 7. The lowest BCUT2D eigenvalue weighted by Gasteiger charge is -2.15. The van der Waals surface area contributed by atoms with Crippen LogP contribution in [0.15, 0.2) is 0 Å². The van der Waals surface area contributed by atoms with E-state index in [1.165, 1.54) is 7.11 Å². The van der Waals surface area contributed by atoms with Gasteiger partial charge in [0.1, 0.15) is 6.61 Å². The number of hydrogen-bond donors (Lipinski definition) is 1. The normalized spacial score (nSPS) is 9.88. The Kier molecular flexibility index (Phi) is 7.70. The highest BCUT2D eigenvalue weighted by Crippen LogP contribution is 1.94. The summed E-state index contributed by atoms with van der Waals surface area (Å²) in [5, 5.41) is 2.17. The first-order chi connectivity index (χ1) is 8.06. The summed E-state index contributed by atoms with van der Waals surface area (Å²) >= 11 is 0. The van der Waals surface area contributed by atoms with Crippen LogP contribution in [0.3, 0.4) is 0 Å². The SMILES string of the molecule is CCOC(=O)C(NC(=O)COC)C(=O)OCC. The standard InChI is InChI=1S/C10H17NO6/c1-4-16-9(13)8(10(14)17-5-2)11-7(12)6-15-3/h8H,4-6H2,1-3H3,(H,11,12). The predicted octanol–water partition coefficient (Wildman–Crippen LogP) is -0.756. The van der Waals surface area contributed by atoms with Crippen LogP contribution < -0.4 is 5.32 Å². The first-order valence-corrected chi connectivity index (χ1v) is 5.18. The molecule has 0 aliphatic carbocycles. The number of esters is 2. The molecular weight excluding hydrogens is 230 g/mol. The fourth-order valence-electron chi connectivity index (χ4n) is 0.999. The highest BCUT2D eigenvalue weighted by atomic mass is 16.6. The number of methoxy groups -OCH3 is 1. The zero-order valence-electron chi connectivity index (χ0n) is 10.1. The quantitative estimate of drug-likeness (QED) is 0.470. The molecule has 0 unspecified atom stereocenters. The van der Waals surface area contributed by atoms with Gasteiger partial charge in [-0.15, -0.1) is 0 Å². The van der Waals surface area contributed by atoms with Crippen LogP contribution in [0.25, 0.3) is 0 Å². The summed E-state index contributed by atoms with van der Waals surface area (Å²) < 4.78 is 13.9. The van der Waals surface area contributed by atoms with Crippen LogP contribution >= 0.6 is 0 Å². The summed E-state index contributed by atoms with van der Waals surface area (Å²) in [6, 6.07) is -1.45. The van der Waals surface area contributed by atoms with Crippen LogP contribution in [-0.2, 0) is 28.6 Å². The molecule has 7 nitrogen and oxygen atoms in total. The smallest absolute Gasteiger partial charge is 0.340 e. The van der Waals surface area contributed by atoms with E-state index in [1.54, 1.807) is 13.8 Å². The van der Waals surface area contributed by atoms with Crippen molar-refractivity contribution in [2.75, 3.05) is 26.9 Å². The van der Waals surface area contributed by atoms with Crippen molar-refractivity contribution in [2.45, 2.75) is 19.9 Å². The minimum absolute atomic E-state index is 0.106. The minimum atomic E-state index is -1.45. The van der Waals surface area contributed by atoms with Crippen LogP contribution in [0.4, 0.5) is 0 Å². The van der Waals surface area contributed by atoms with E-state index < -0.39 is 23.9 Å². The topological polar surface area (TPSA) is 90.9 Å². The molecule has 0 atom stereocenters. The third-order valence-corrected chi connectivity index (χ3v) is 1.63. The Bertz CT molecular complexity index is 260. The molecular formula is C10H17NO6. The fraction of sp³-hybridized carbons (Fsp3) is 0.700. The van der Waals surface area contributed by atoms with Crippen molar-refractivity contribution in [1.82, 2.24) is 5.32 Å². The summed E-state index contributed by atoms with van der Waals surface area (Å²) in [6.45, 7) is 3.15. The van der Waals surface area contributed by atoms with E-state index in [0.29, 0.717) is 0 Å². The van der Waals surface area contributed by atoms with E-state index in [1.807, 2.05) is 0 Å². The second-order valence-corrected chi connectivity index (χ2v) is 2.94. The van der Waals surface area contributed by atoms with Crippen molar-refractivity contribution in [3.8, 4) is 0 Å². The van der Waals surface area contributed by atoms with Crippen LogP contribution in [0, 0.1) is 0 Å². The second-order valence-electron chi connectivity index (χ2n) is 2.94. The van der Waals surface area contributed by atoms with Crippen molar-refractivity contribution in [2.24, 2.45) is 0 Å². The third-order valence-electron chi connectivity index (χ3n) is 1.63. The zero-order chi connectivity index (χ0) is 13.3. The van der Waals surface area contributed by atoms with Gasteiger partial charge in [-0.2, -0.15) is 0 Å². The fourth-order valence-corrected chi connectivity index (χ4v) is 0.999. The molecule has 1 amide bonds. The molecule has 0 aromatic rings. The van der Waals surface area contributed by atoms with E-state index in [-0.39, 0.29) is 19.8 Å². The maximum absolute atomic E-state index is 11.4. The first kappa shape index (κ1) is 15.4. The Balaban J connectivity index is 4.55. The molecule has 0 spiro atoms. The van der Waals surface area contributed by atoms with Gasteiger partial charge in [0.25, 0.3) is 0 Å². The van der Waals surface area contributed by atoms with Gasteiger partial charge in [-0.1, -0.05) is 0 Å². The molecule has 0 saturated heterocycles. The molecule has 0 fully saturated rings. The number of carbonyl (C=O) groups is 3. The lowest BCUT2D eigenvalue weighted by atomic mass is 10.3. The number of amides is 1. The summed E-state index contributed by atoms with van der Waals surface area (Å²) in [7, 11) is 1.32. The highest BCUT2D eigenvalue weighted by Gasteiger charge is 2.30. The molecule has 7 heteroatoms. The van der Waals surface area contributed by atoms with Gasteiger partial charge in [0.05, 0.1) is 13.2 Å². The van der Waals surface area contributed by atoms with Gasteiger partial charge in [-0.05, 0) is 13.8 Å². The zero-order valence-corrected chi connectivity index (χ0v) is 10.1. The highest BCUT2D eigenvalue weighted by molar-refractivity contribution is 6.02. The van der Waals surface area contributed by atoms with Gasteiger partial charge >= 0.3 is 11.9 Å².